The minimum Gasteiger partial charge on any atom is -0.275 e. The SMILES string of the molecule is O=c1n(Cc2ccc(-c3cccc(Cl)c3Cl)s2)nc(-c2ccc(Cl)cc2)n1CCC(F)(F)F. The van der Waals surface area contributed by atoms with E-state index in [0.29, 0.717) is 20.6 Å². The Labute approximate surface area is 205 Å². The second-order valence-corrected chi connectivity index (χ2v) is 9.54. The lowest BCUT2D eigenvalue weighted by Crippen LogP contribution is -2.27. The maximum absolute atomic E-state index is 13.0. The third-order valence-electron chi connectivity index (χ3n) is 4.83. The number of rotatable bonds is 6. The first-order valence-electron chi connectivity index (χ1n) is 9.66. The fourth-order valence-corrected chi connectivity index (χ4v) is 4.85. The molecule has 0 atom stereocenters. The number of nitrogens with zero attached hydrogens (tertiary/aromatic N) is 3. The zero-order valence-corrected chi connectivity index (χ0v) is 19.8. The smallest absolute Gasteiger partial charge is 0.275 e. The first-order valence-corrected chi connectivity index (χ1v) is 11.6. The van der Waals surface area contributed by atoms with Gasteiger partial charge in [-0.15, -0.1) is 16.4 Å². The lowest BCUT2D eigenvalue weighted by atomic mass is 10.2. The molecule has 0 aliphatic heterocycles. The van der Waals surface area contributed by atoms with E-state index in [9.17, 15) is 18.0 Å². The van der Waals surface area contributed by atoms with Crippen molar-refractivity contribution in [2.24, 2.45) is 0 Å². The van der Waals surface area contributed by atoms with Crippen LogP contribution < -0.4 is 5.69 Å². The first kappa shape index (κ1) is 23.9. The Morgan fingerprint density at radius 3 is 2.39 bits per heavy atom. The van der Waals surface area contributed by atoms with Crippen molar-refractivity contribution in [1.29, 1.82) is 0 Å². The van der Waals surface area contributed by atoms with Gasteiger partial charge in [-0.2, -0.15) is 13.2 Å². The molecule has 0 aliphatic carbocycles. The molecular formula is C22H15Cl3F3N3OS. The minimum atomic E-state index is -4.41. The minimum absolute atomic E-state index is 0.0985. The van der Waals surface area contributed by atoms with Gasteiger partial charge in [0.05, 0.1) is 23.0 Å². The van der Waals surface area contributed by atoms with Crippen LogP contribution in [0.5, 0.6) is 0 Å². The normalized spacial score (nSPS) is 11.8. The quantitative estimate of drug-likeness (QED) is 0.260. The summed E-state index contributed by atoms with van der Waals surface area (Å²) in [5.41, 5.74) is 0.625. The number of hydrogen-bond donors (Lipinski definition) is 0. The van der Waals surface area contributed by atoms with Crippen LogP contribution in [-0.4, -0.2) is 20.5 Å². The molecule has 0 unspecified atom stereocenters. The molecule has 2 aromatic heterocycles. The van der Waals surface area contributed by atoms with Crippen molar-refractivity contribution in [1.82, 2.24) is 14.3 Å². The van der Waals surface area contributed by atoms with Crippen molar-refractivity contribution in [2.45, 2.75) is 25.7 Å². The van der Waals surface area contributed by atoms with E-state index in [1.807, 2.05) is 18.2 Å². The number of alkyl halides is 3. The van der Waals surface area contributed by atoms with Gasteiger partial charge in [0, 0.05) is 32.4 Å². The molecule has 2 aromatic carbocycles. The van der Waals surface area contributed by atoms with Crippen molar-refractivity contribution in [3.63, 3.8) is 0 Å². The molecule has 172 valence electrons. The molecule has 0 saturated heterocycles. The predicted octanol–water partition coefficient (Wildman–Crippen LogP) is 7.40. The Balaban J connectivity index is 1.68. The van der Waals surface area contributed by atoms with Crippen molar-refractivity contribution < 1.29 is 13.2 Å². The lowest BCUT2D eigenvalue weighted by Gasteiger charge is -2.08. The van der Waals surface area contributed by atoms with Gasteiger partial charge in [0.25, 0.3) is 0 Å². The third kappa shape index (κ3) is 5.46. The number of benzene rings is 2. The summed E-state index contributed by atoms with van der Waals surface area (Å²) in [7, 11) is 0. The molecule has 0 amide bonds. The van der Waals surface area contributed by atoms with Crippen LogP contribution in [-0.2, 0) is 13.1 Å². The Morgan fingerprint density at radius 2 is 1.70 bits per heavy atom. The summed E-state index contributed by atoms with van der Waals surface area (Å²) < 4.78 is 40.8. The van der Waals surface area contributed by atoms with Crippen LogP contribution in [0.15, 0.2) is 59.4 Å². The molecule has 4 aromatic rings. The number of hydrogen-bond acceptors (Lipinski definition) is 3. The van der Waals surface area contributed by atoms with Crippen LogP contribution in [0.25, 0.3) is 21.8 Å². The highest BCUT2D eigenvalue weighted by atomic mass is 35.5. The molecule has 0 N–H and O–H groups in total. The van der Waals surface area contributed by atoms with Crippen molar-refractivity contribution >= 4 is 46.1 Å². The van der Waals surface area contributed by atoms with Gasteiger partial charge in [-0.3, -0.25) is 4.57 Å². The van der Waals surface area contributed by atoms with Crippen molar-refractivity contribution in [2.75, 3.05) is 0 Å². The molecule has 0 fully saturated rings. The molecule has 0 radical (unpaired) electrons. The van der Waals surface area contributed by atoms with Crippen LogP contribution in [0.2, 0.25) is 15.1 Å². The van der Waals surface area contributed by atoms with Gasteiger partial charge in [-0.1, -0.05) is 46.9 Å². The van der Waals surface area contributed by atoms with E-state index in [-0.39, 0.29) is 12.4 Å². The maximum atomic E-state index is 13.0. The van der Waals surface area contributed by atoms with Gasteiger partial charge in [0.2, 0.25) is 0 Å². The average Bonchev–Trinajstić information content (AvgIpc) is 3.34. The van der Waals surface area contributed by atoms with E-state index in [4.69, 9.17) is 34.8 Å². The summed E-state index contributed by atoms with van der Waals surface area (Å²) in [4.78, 5) is 14.6. The highest BCUT2D eigenvalue weighted by Crippen LogP contribution is 2.37. The summed E-state index contributed by atoms with van der Waals surface area (Å²) in [5.74, 6) is 0.149. The van der Waals surface area contributed by atoms with Gasteiger partial charge in [0.1, 0.15) is 0 Å². The van der Waals surface area contributed by atoms with Gasteiger partial charge in [-0.25, -0.2) is 9.48 Å². The van der Waals surface area contributed by atoms with E-state index in [0.717, 1.165) is 24.6 Å². The van der Waals surface area contributed by atoms with Crippen molar-refractivity contribution in [3.05, 3.63) is 85.0 Å². The number of thiophene rings is 1. The van der Waals surface area contributed by atoms with Crippen molar-refractivity contribution in [3.8, 4) is 21.8 Å². The van der Waals surface area contributed by atoms with Gasteiger partial charge in [0.15, 0.2) is 5.82 Å². The molecule has 33 heavy (non-hydrogen) atoms. The van der Waals surface area contributed by atoms with Crippen LogP contribution in [0, 0.1) is 0 Å². The van der Waals surface area contributed by atoms with E-state index >= 15 is 0 Å². The molecule has 0 saturated carbocycles. The molecule has 0 bridgehead atoms. The molecule has 0 spiro atoms. The molecule has 4 nitrogen and oxygen atoms in total. The van der Waals surface area contributed by atoms with Gasteiger partial charge in [-0.05, 0) is 42.5 Å². The molecular weight excluding hydrogens is 518 g/mol. The summed E-state index contributed by atoms with van der Waals surface area (Å²) in [5, 5.41) is 5.65. The van der Waals surface area contributed by atoms with Crippen LogP contribution >= 0.6 is 46.1 Å². The molecule has 4 rings (SSSR count). The largest absolute Gasteiger partial charge is 0.390 e. The summed E-state index contributed by atoms with van der Waals surface area (Å²) in [6, 6.07) is 15.4. The summed E-state index contributed by atoms with van der Waals surface area (Å²) in [6.07, 6.45) is -5.55. The third-order valence-corrected chi connectivity index (χ3v) is 7.00. The highest BCUT2D eigenvalue weighted by molar-refractivity contribution is 7.15. The second-order valence-electron chi connectivity index (χ2n) is 7.15. The highest BCUT2D eigenvalue weighted by Gasteiger charge is 2.28. The Bertz CT molecular complexity index is 1340. The van der Waals surface area contributed by atoms with E-state index in [1.165, 1.54) is 11.3 Å². The topological polar surface area (TPSA) is 39.8 Å². The zero-order valence-electron chi connectivity index (χ0n) is 16.7. The molecule has 2 heterocycles. The van der Waals surface area contributed by atoms with Gasteiger partial charge >= 0.3 is 11.9 Å². The number of halogens is 6. The Hall–Kier alpha value is -2.26. The average molecular weight is 533 g/mol. The fourth-order valence-electron chi connectivity index (χ4n) is 3.25. The number of aromatic nitrogens is 3. The summed E-state index contributed by atoms with van der Waals surface area (Å²) in [6.45, 7) is -0.435. The summed E-state index contributed by atoms with van der Waals surface area (Å²) >= 11 is 19.7. The predicted molar refractivity (Wildman–Crippen MR) is 126 cm³/mol. The van der Waals surface area contributed by atoms with E-state index < -0.39 is 24.8 Å². The monoisotopic (exact) mass is 531 g/mol. The van der Waals surface area contributed by atoms with Crippen LogP contribution in [0.3, 0.4) is 0 Å². The molecule has 11 heteroatoms. The maximum Gasteiger partial charge on any atom is 0.390 e. The van der Waals surface area contributed by atoms with Gasteiger partial charge < -0.3 is 0 Å². The standard InChI is InChI=1S/C22H15Cl3F3N3OS/c23-14-6-4-13(5-7-14)20-29-31(21(32)30(20)11-10-22(26,27)28)12-15-8-9-18(33-15)16-2-1-3-17(24)19(16)25/h1-9H,10-12H2. The second kappa shape index (κ2) is 9.54. The van der Waals surface area contributed by atoms with Crippen LogP contribution in [0.1, 0.15) is 11.3 Å². The Kier molecular flexibility index (Phi) is 6.91. The van der Waals surface area contributed by atoms with Crippen LogP contribution in [0.4, 0.5) is 13.2 Å². The first-order chi connectivity index (χ1) is 15.6. The zero-order chi connectivity index (χ0) is 23.8. The lowest BCUT2D eigenvalue weighted by molar-refractivity contribution is -0.136. The van der Waals surface area contributed by atoms with E-state index in [2.05, 4.69) is 5.10 Å². The Morgan fingerprint density at radius 1 is 0.970 bits per heavy atom. The van der Waals surface area contributed by atoms with E-state index in [1.54, 1.807) is 36.4 Å². The fraction of sp³-hybridized carbons (Fsp3) is 0.182. The molecule has 0 aliphatic rings.